The summed E-state index contributed by atoms with van der Waals surface area (Å²) in [5, 5.41) is 12.5. The van der Waals surface area contributed by atoms with Crippen LogP contribution in [0.15, 0.2) is 0 Å². The molecule has 0 aromatic carbocycles. The van der Waals surface area contributed by atoms with Crippen molar-refractivity contribution in [3.8, 4) is 0 Å². The Labute approximate surface area is 149 Å². The van der Waals surface area contributed by atoms with Crippen LogP contribution in [-0.2, 0) is 17.8 Å². The molecule has 3 aliphatic heterocycles. The second kappa shape index (κ2) is 6.38. The third-order valence-corrected chi connectivity index (χ3v) is 6.90. The van der Waals surface area contributed by atoms with Crippen molar-refractivity contribution in [3.63, 3.8) is 0 Å². The van der Waals surface area contributed by atoms with Crippen LogP contribution in [0.4, 0.5) is 0 Å². The summed E-state index contributed by atoms with van der Waals surface area (Å²) in [5.41, 5.74) is 0. The first-order valence-corrected chi connectivity index (χ1v) is 10.3. The van der Waals surface area contributed by atoms with Crippen LogP contribution in [0.5, 0.6) is 0 Å². The maximum Gasteiger partial charge on any atom is 0.239 e. The van der Waals surface area contributed by atoms with Crippen molar-refractivity contribution in [2.45, 2.75) is 82.3 Å². The first kappa shape index (κ1) is 15.8. The largest absolute Gasteiger partial charge is 0.341 e. The van der Waals surface area contributed by atoms with Gasteiger partial charge < -0.3 is 14.8 Å². The number of piperidine rings is 1. The number of fused-ring (bicyclic) bond motifs is 2. The smallest absolute Gasteiger partial charge is 0.239 e. The molecule has 6 nitrogen and oxygen atoms in total. The molecular formula is C19H29N5O. The van der Waals surface area contributed by atoms with Crippen molar-refractivity contribution in [1.29, 1.82) is 0 Å². The summed E-state index contributed by atoms with van der Waals surface area (Å²) in [6, 6.07) is 0.638. The van der Waals surface area contributed by atoms with Gasteiger partial charge in [-0.25, -0.2) is 0 Å². The number of amides is 1. The minimum absolute atomic E-state index is 0.0518. The van der Waals surface area contributed by atoms with Gasteiger partial charge in [-0.15, -0.1) is 10.2 Å². The molecule has 1 saturated carbocycles. The number of carbonyl (C=O) groups excluding carboxylic acids is 1. The SMILES string of the molecule is O=C([C@@H]1C[C@@H]2CCCC[C@H]2N1)N1CCC[C@@H](c2nnc3n2CCC3)C1. The zero-order valence-corrected chi connectivity index (χ0v) is 15.0. The second-order valence-corrected chi connectivity index (χ2v) is 8.46. The van der Waals surface area contributed by atoms with Gasteiger partial charge in [0.25, 0.3) is 0 Å². The number of aromatic nitrogens is 3. The summed E-state index contributed by atoms with van der Waals surface area (Å²) in [6.07, 6.45) is 10.7. The van der Waals surface area contributed by atoms with E-state index in [2.05, 4.69) is 25.0 Å². The Morgan fingerprint density at radius 3 is 2.88 bits per heavy atom. The lowest BCUT2D eigenvalue weighted by Gasteiger charge is -2.34. The summed E-state index contributed by atoms with van der Waals surface area (Å²) in [6.45, 7) is 2.78. The molecule has 25 heavy (non-hydrogen) atoms. The molecule has 1 aromatic rings. The number of rotatable bonds is 2. The maximum absolute atomic E-state index is 13.1. The number of nitrogens with one attached hydrogen (secondary N) is 1. The average molecular weight is 343 g/mol. The van der Waals surface area contributed by atoms with E-state index in [-0.39, 0.29) is 6.04 Å². The third kappa shape index (κ3) is 2.78. The summed E-state index contributed by atoms with van der Waals surface area (Å²) >= 11 is 0. The zero-order chi connectivity index (χ0) is 16.8. The molecule has 4 atom stereocenters. The molecule has 1 aliphatic carbocycles. The molecule has 0 radical (unpaired) electrons. The summed E-state index contributed by atoms with van der Waals surface area (Å²) < 4.78 is 2.31. The minimum atomic E-state index is 0.0518. The van der Waals surface area contributed by atoms with Gasteiger partial charge in [0.15, 0.2) is 0 Å². The Bertz CT molecular complexity index is 642. The van der Waals surface area contributed by atoms with Crippen LogP contribution in [-0.4, -0.2) is 50.7 Å². The molecule has 4 heterocycles. The van der Waals surface area contributed by atoms with E-state index in [0.717, 1.165) is 62.9 Å². The summed E-state index contributed by atoms with van der Waals surface area (Å²) in [5.74, 6) is 3.68. The Balaban J connectivity index is 1.27. The van der Waals surface area contributed by atoms with E-state index in [9.17, 15) is 4.79 Å². The minimum Gasteiger partial charge on any atom is -0.341 e. The number of hydrogen-bond donors (Lipinski definition) is 1. The van der Waals surface area contributed by atoms with Gasteiger partial charge in [0.05, 0.1) is 6.04 Å². The van der Waals surface area contributed by atoms with Gasteiger partial charge in [0.1, 0.15) is 11.6 Å². The normalized spacial score (nSPS) is 34.8. The summed E-state index contributed by atoms with van der Waals surface area (Å²) in [7, 11) is 0. The molecule has 1 N–H and O–H groups in total. The predicted octanol–water partition coefficient (Wildman–Crippen LogP) is 1.85. The third-order valence-electron chi connectivity index (χ3n) is 6.90. The van der Waals surface area contributed by atoms with Crippen LogP contribution in [0.3, 0.4) is 0 Å². The van der Waals surface area contributed by atoms with E-state index in [1.54, 1.807) is 0 Å². The average Bonchev–Trinajstić information content (AvgIpc) is 3.35. The number of likely N-dealkylation sites (tertiary alicyclic amines) is 1. The standard InChI is InChI=1S/C19H29N5O/c25-19(16-11-13-5-1-2-7-15(13)20-16)23-9-3-6-14(12-23)18-22-21-17-8-4-10-24(17)18/h13-16,20H,1-12H2/t13-,14+,15+,16-/m0/s1. The Hall–Kier alpha value is -1.43. The van der Waals surface area contributed by atoms with Gasteiger partial charge in [-0.1, -0.05) is 12.8 Å². The molecule has 0 unspecified atom stereocenters. The molecule has 0 bridgehead atoms. The van der Waals surface area contributed by atoms with E-state index < -0.39 is 0 Å². The molecule has 1 amide bonds. The molecule has 4 aliphatic rings. The molecule has 136 valence electrons. The molecule has 5 rings (SSSR count). The molecular weight excluding hydrogens is 314 g/mol. The van der Waals surface area contributed by atoms with E-state index in [0.29, 0.717) is 17.9 Å². The summed E-state index contributed by atoms with van der Waals surface area (Å²) in [4.78, 5) is 15.2. The number of aryl methyl sites for hydroxylation is 1. The lowest BCUT2D eigenvalue weighted by molar-refractivity contribution is -0.134. The van der Waals surface area contributed by atoms with Crippen molar-refractivity contribution >= 4 is 5.91 Å². The van der Waals surface area contributed by atoms with Crippen molar-refractivity contribution in [3.05, 3.63) is 11.6 Å². The maximum atomic E-state index is 13.1. The van der Waals surface area contributed by atoms with E-state index in [1.165, 1.54) is 32.1 Å². The van der Waals surface area contributed by atoms with Crippen LogP contribution >= 0.6 is 0 Å². The van der Waals surface area contributed by atoms with Crippen molar-refractivity contribution in [2.24, 2.45) is 5.92 Å². The van der Waals surface area contributed by atoms with Gasteiger partial charge in [-0.05, 0) is 44.4 Å². The predicted molar refractivity (Wildman–Crippen MR) is 94.2 cm³/mol. The highest BCUT2D eigenvalue weighted by molar-refractivity contribution is 5.82. The van der Waals surface area contributed by atoms with Gasteiger partial charge in [-0.3, -0.25) is 4.79 Å². The highest BCUT2D eigenvalue weighted by atomic mass is 16.2. The molecule has 6 heteroatoms. The first-order valence-electron chi connectivity index (χ1n) is 10.3. The van der Waals surface area contributed by atoms with Crippen LogP contribution in [0.1, 0.15) is 68.9 Å². The molecule has 2 saturated heterocycles. The fourth-order valence-electron chi connectivity index (χ4n) is 5.59. The molecule has 0 spiro atoms. The van der Waals surface area contributed by atoms with Crippen LogP contribution in [0, 0.1) is 5.92 Å². The van der Waals surface area contributed by atoms with E-state index >= 15 is 0 Å². The van der Waals surface area contributed by atoms with Crippen LogP contribution in [0.25, 0.3) is 0 Å². The van der Waals surface area contributed by atoms with Crippen molar-refractivity contribution in [2.75, 3.05) is 13.1 Å². The molecule has 3 fully saturated rings. The van der Waals surface area contributed by atoms with Gasteiger partial charge >= 0.3 is 0 Å². The highest BCUT2D eigenvalue weighted by Crippen LogP contribution is 2.35. The lowest BCUT2D eigenvalue weighted by Crippen LogP contribution is -2.48. The van der Waals surface area contributed by atoms with Gasteiger partial charge in [0.2, 0.25) is 5.91 Å². The Morgan fingerprint density at radius 1 is 1.04 bits per heavy atom. The lowest BCUT2D eigenvalue weighted by atomic mass is 9.85. The quantitative estimate of drug-likeness (QED) is 0.890. The number of carbonyl (C=O) groups is 1. The van der Waals surface area contributed by atoms with Crippen molar-refractivity contribution in [1.82, 2.24) is 25.0 Å². The molecule has 1 aromatic heterocycles. The fourth-order valence-corrected chi connectivity index (χ4v) is 5.59. The highest BCUT2D eigenvalue weighted by Gasteiger charge is 2.41. The monoisotopic (exact) mass is 343 g/mol. The Morgan fingerprint density at radius 2 is 1.96 bits per heavy atom. The van der Waals surface area contributed by atoms with E-state index in [4.69, 9.17) is 0 Å². The number of hydrogen-bond acceptors (Lipinski definition) is 4. The van der Waals surface area contributed by atoms with Gasteiger partial charge in [0, 0.05) is 38.0 Å². The topological polar surface area (TPSA) is 63.1 Å². The Kier molecular flexibility index (Phi) is 4.03. The van der Waals surface area contributed by atoms with Crippen molar-refractivity contribution < 1.29 is 4.79 Å². The second-order valence-electron chi connectivity index (χ2n) is 8.46. The van der Waals surface area contributed by atoms with Gasteiger partial charge in [-0.2, -0.15) is 0 Å². The zero-order valence-electron chi connectivity index (χ0n) is 15.0. The first-order chi connectivity index (χ1) is 12.3. The van der Waals surface area contributed by atoms with E-state index in [1.807, 2.05) is 0 Å². The van der Waals surface area contributed by atoms with Crippen LogP contribution < -0.4 is 5.32 Å². The fraction of sp³-hybridized carbons (Fsp3) is 0.842. The van der Waals surface area contributed by atoms with Crippen LogP contribution in [0.2, 0.25) is 0 Å². The number of nitrogens with zero attached hydrogens (tertiary/aromatic N) is 4.